The number of fused-ring (bicyclic) bond motifs is 9. The molecule has 9 aromatic carbocycles. The zero-order valence-electron chi connectivity index (χ0n) is 30.9. The van der Waals surface area contributed by atoms with Crippen molar-refractivity contribution in [2.45, 2.75) is 6.04 Å². The van der Waals surface area contributed by atoms with Crippen molar-refractivity contribution in [3.05, 3.63) is 194 Å². The van der Waals surface area contributed by atoms with E-state index in [1.54, 1.807) is 0 Å². The number of benzene rings is 9. The van der Waals surface area contributed by atoms with Gasteiger partial charge in [-0.3, -0.25) is 4.99 Å². The van der Waals surface area contributed by atoms with E-state index >= 15 is 0 Å². The fourth-order valence-corrected chi connectivity index (χ4v) is 9.93. The summed E-state index contributed by atoms with van der Waals surface area (Å²) in [5, 5.41) is 7.54. The number of hydrogen-bond donors (Lipinski definition) is 0. The molecular weight excluding hydrogens is 697 g/mol. The summed E-state index contributed by atoms with van der Waals surface area (Å²) in [7, 11) is 2.20. The highest BCUT2D eigenvalue weighted by atomic mass is 32.1. The summed E-state index contributed by atoms with van der Waals surface area (Å²) < 4.78 is 2.62. The van der Waals surface area contributed by atoms with Crippen LogP contribution in [0.5, 0.6) is 0 Å². The van der Waals surface area contributed by atoms with Gasteiger partial charge in [0.2, 0.25) is 0 Å². The topological polar surface area (TPSA) is 15.6 Å². The fourth-order valence-electron chi connectivity index (χ4n) is 8.72. The Bertz CT molecular complexity index is 3140. The molecule has 0 spiro atoms. The Balaban J connectivity index is 0.981. The van der Waals surface area contributed by atoms with E-state index in [0.717, 1.165) is 5.69 Å². The minimum Gasteiger partial charge on any atom is -0.360 e. The third kappa shape index (κ3) is 5.35. The molecule has 1 atom stereocenters. The van der Waals surface area contributed by atoms with Crippen LogP contribution in [0.4, 0.5) is 11.4 Å². The SMILES string of the molecule is CN1c2c(c3ccccc3c3ccccc23)N=CC1c1ccc(-c2cccc(-c3cc(-c4ccccc4)cc4c3sc3ccc(-c5ccccc5)cc34)c2)cc1. The molecule has 0 aliphatic carbocycles. The second kappa shape index (κ2) is 13.2. The predicted octanol–water partition coefficient (Wildman–Crippen LogP) is 14.9. The van der Waals surface area contributed by atoms with E-state index in [2.05, 4.69) is 206 Å². The third-order valence-corrected chi connectivity index (χ3v) is 12.8. The molecular formula is C53H36N2S. The van der Waals surface area contributed by atoms with Crippen LogP contribution in [-0.4, -0.2) is 13.3 Å². The molecule has 11 rings (SSSR count). The van der Waals surface area contributed by atoms with Gasteiger partial charge in [0.25, 0.3) is 0 Å². The summed E-state index contributed by atoms with van der Waals surface area (Å²) >= 11 is 1.89. The van der Waals surface area contributed by atoms with E-state index in [1.807, 2.05) is 11.3 Å². The maximum atomic E-state index is 5.13. The van der Waals surface area contributed by atoms with E-state index in [-0.39, 0.29) is 6.04 Å². The van der Waals surface area contributed by atoms with Crippen molar-refractivity contribution in [1.29, 1.82) is 0 Å². The van der Waals surface area contributed by atoms with Crippen LogP contribution in [0.15, 0.2) is 193 Å². The molecule has 0 amide bonds. The molecule has 1 aliphatic heterocycles. The number of aliphatic imine (C=N–C) groups is 1. The first-order valence-corrected chi connectivity index (χ1v) is 20.0. The molecule has 1 unspecified atom stereocenters. The Morgan fingerprint density at radius 3 is 1.73 bits per heavy atom. The molecule has 56 heavy (non-hydrogen) atoms. The highest BCUT2D eigenvalue weighted by Crippen LogP contribution is 2.48. The standard InChI is InChI=1S/C53H36N2S/c1-55-49(33-54-51-44-21-10-8-19-42(44)43-20-9-11-22-45(43)52(51)55)37-25-23-36(24-26-37)38-17-12-18-40(29-38)46-31-41(35-15-6-3-7-16-35)32-48-47-30-39(34-13-4-2-5-14-34)27-28-50(47)56-53(46)48/h2-33,49H,1H3. The van der Waals surface area contributed by atoms with E-state index in [0.29, 0.717) is 0 Å². The maximum Gasteiger partial charge on any atom is 0.0945 e. The van der Waals surface area contributed by atoms with Gasteiger partial charge in [-0.1, -0.05) is 158 Å². The van der Waals surface area contributed by atoms with Gasteiger partial charge in [-0.25, -0.2) is 0 Å². The number of nitrogens with zero attached hydrogens (tertiary/aromatic N) is 2. The Kier molecular flexibility index (Phi) is 7.68. The lowest BCUT2D eigenvalue weighted by molar-refractivity contribution is 0.857. The van der Waals surface area contributed by atoms with Crippen LogP contribution in [0.1, 0.15) is 11.6 Å². The summed E-state index contributed by atoms with van der Waals surface area (Å²) in [5.41, 5.74) is 13.3. The normalized spacial score (nSPS) is 13.9. The average molecular weight is 733 g/mol. The quantitative estimate of drug-likeness (QED) is 0.161. The average Bonchev–Trinajstić information content (AvgIpc) is 3.65. The summed E-state index contributed by atoms with van der Waals surface area (Å²) in [6.45, 7) is 0. The van der Waals surface area contributed by atoms with Crippen LogP contribution in [0.25, 0.3) is 86.2 Å². The minimum atomic E-state index is 0.0248. The first-order chi connectivity index (χ1) is 27.7. The second-order valence-corrected chi connectivity index (χ2v) is 15.8. The van der Waals surface area contributed by atoms with Gasteiger partial charge >= 0.3 is 0 Å². The van der Waals surface area contributed by atoms with Gasteiger partial charge in [0, 0.05) is 49.8 Å². The zero-order valence-corrected chi connectivity index (χ0v) is 31.7. The minimum absolute atomic E-state index is 0.0248. The molecule has 1 aliphatic rings. The van der Waals surface area contributed by atoms with Crippen molar-refractivity contribution in [3.8, 4) is 44.5 Å². The van der Waals surface area contributed by atoms with E-state index in [4.69, 9.17) is 4.99 Å². The second-order valence-electron chi connectivity index (χ2n) is 14.8. The Morgan fingerprint density at radius 1 is 0.429 bits per heavy atom. The van der Waals surface area contributed by atoms with Gasteiger partial charge in [0.1, 0.15) is 0 Å². The van der Waals surface area contributed by atoms with E-state index in [9.17, 15) is 0 Å². The first kappa shape index (κ1) is 32.6. The molecule has 3 heteroatoms. The van der Waals surface area contributed by atoms with Crippen molar-refractivity contribution in [2.75, 3.05) is 11.9 Å². The highest BCUT2D eigenvalue weighted by Gasteiger charge is 2.26. The molecule has 2 nitrogen and oxygen atoms in total. The van der Waals surface area contributed by atoms with E-state index < -0.39 is 0 Å². The van der Waals surface area contributed by atoms with Crippen molar-refractivity contribution in [1.82, 2.24) is 0 Å². The summed E-state index contributed by atoms with van der Waals surface area (Å²) in [6, 6.07) is 68.7. The lowest BCUT2D eigenvalue weighted by Gasteiger charge is -2.33. The fraction of sp³-hybridized carbons (Fsp3) is 0.0377. The van der Waals surface area contributed by atoms with Gasteiger partial charge in [-0.2, -0.15) is 0 Å². The smallest absolute Gasteiger partial charge is 0.0945 e. The molecule has 0 fully saturated rings. The van der Waals surface area contributed by atoms with Crippen molar-refractivity contribution in [2.24, 2.45) is 4.99 Å². The number of thiophene rings is 1. The van der Waals surface area contributed by atoms with Gasteiger partial charge in [0.15, 0.2) is 0 Å². The molecule has 10 aromatic rings. The van der Waals surface area contributed by atoms with Crippen LogP contribution in [0.2, 0.25) is 0 Å². The van der Waals surface area contributed by atoms with Crippen LogP contribution in [0.3, 0.4) is 0 Å². The molecule has 0 saturated carbocycles. The predicted molar refractivity (Wildman–Crippen MR) is 242 cm³/mol. The molecule has 264 valence electrons. The largest absolute Gasteiger partial charge is 0.360 e. The maximum absolute atomic E-state index is 5.13. The number of rotatable bonds is 5. The third-order valence-electron chi connectivity index (χ3n) is 11.5. The Labute approximate surface area is 330 Å². The molecule has 0 radical (unpaired) electrons. The van der Waals surface area contributed by atoms with Crippen LogP contribution in [-0.2, 0) is 0 Å². The van der Waals surface area contributed by atoms with Gasteiger partial charge in [-0.15, -0.1) is 11.3 Å². The lowest BCUT2D eigenvalue weighted by atomic mass is 9.93. The molecule has 2 heterocycles. The van der Waals surface area contributed by atoms with E-state index in [1.165, 1.54) is 97.5 Å². The number of anilines is 1. The Morgan fingerprint density at radius 2 is 0.982 bits per heavy atom. The van der Waals surface area contributed by atoms with Crippen LogP contribution >= 0.6 is 11.3 Å². The van der Waals surface area contributed by atoms with Gasteiger partial charge in [-0.05, 0) is 85.6 Å². The van der Waals surface area contributed by atoms with Crippen LogP contribution in [0, 0.1) is 0 Å². The van der Waals surface area contributed by atoms with Gasteiger partial charge in [0.05, 0.1) is 17.4 Å². The monoisotopic (exact) mass is 732 g/mol. The molecule has 0 saturated heterocycles. The summed E-state index contributed by atoms with van der Waals surface area (Å²) in [4.78, 5) is 7.52. The van der Waals surface area contributed by atoms with Crippen molar-refractivity contribution in [3.63, 3.8) is 0 Å². The Hall–Kier alpha value is -6.81. The molecule has 0 bridgehead atoms. The van der Waals surface area contributed by atoms with Crippen LogP contribution < -0.4 is 4.90 Å². The number of hydrogen-bond acceptors (Lipinski definition) is 3. The molecule has 0 N–H and O–H groups in total. The van der Waals surface area contributed by atoms with Crippen molar-refractivity contribution >= 4 is 70.6 Å². The van der Waals surface area contributed by atoms with Crippen molar-refractivity contribution < 1.29 is 0 Å². The first-order valence-electron chi connectivity index (χ1n) is 19.2. The summed E-state index contributed by atoms with van der Waals surface area (Å²) in [6.07, 6.45) is 2.11. The summed E-state index contributed by atoms with van der Waals surface area (Å²) in [5.74, 6) is 0. The molecule has 1 aromatic heterocycles. The lowest BCUT2D eigenvalue weighted by Crippen LogP contribution is -2.27. The zero-order chi connectivity index (χ0) is 37.2. The van der Waals surface area contributed by atoms with Gasteiger partial charge < -0.3 is 4.90 Å². The highest BCUT2D eigenvalue weighted by molar-refractivity contribution is 7.26.